The number of carbonyl (C=O) groups is 1. The lowest BCUT2D eigenvalue weighted by Gasteiger charge is -2.14. The maximum absolute atomic E-state index is 12.0. The Kier molecular flexibility index (Phi) is 8.16. The van der Waals surface area contributed by atoms with Crippen molar-refractivity contribution < 1.29 is 19.0 Å². The highest BCUT2D eigenvalue weighted by atomic mass is 35.5. The summed E-state index contributed by atoms with van der Waals surface area (Å²) >= 11 is 0. The van der Waals surface area contributed by atoms with E-state index in [9.17, 15) is 4.79 Å². The van der Waals surface area contributed by atoms with E-state index < -0.39 is 0 Å². The number of amides is 1. The quantitative estimate of drug-likeness (QED) is 0.778. The van der Waals surface area contributed by atoms with E-state index in [0.717, 1.165) is 29.9 Å². The van der Waals surface area contributed by atoms with Gasteiger partial charge < -0.3 is 25.3 Å². The highest BCUT2D eigenvalue weighted by Gasteiger charge is 2.29. The van der Waals surface area contributed by atoms with Gasteiger partial charge >= 0.3 is 0 Å². The summed E-state index contributed by atoms with van der Waals surface area (Å²) in [6.07, 6.45) is 1.91. The molecular weight excluding hydrogens is 320 g/mol. The predicted molar refractivity (Wildman–Crippen MR) is 90.5 cm³/mol. The summed E-state index contributed by atoms with van der Waals surface area (Å²) in [4.78, 5) is 12.0. The van der Waals surface area contributed by atoms with Gasteiger partial charge in [0, 0.05) is 19.2 Å². The van der Waals surface area contributed by atoms with Gasteiger partial charge in [0.05, 0.1) is 20.3 Å². The van der Waals surface area contributed by atoms with Crippen molar-refractivity contribution in [3.63, 3.8) is 0 Å². The molecule has 0 bridgehead atoms. The average molecular weight is 345 g/mol. The third-order valence-corrected chi connectivity index (χ3v) is 3.85. The molecule has 6 nitrogen and oxygen atoms in total. The molecule has 0 saturated carbocycles. The van der Waals surface area contributed by atoms with Crippen molar-refractivity contribution in [1.29, 1.82) is 0 Å². The van der Waals surface area contributed by atoms with E-state index in [2.05, 4.69) is 5.32 Å². The summed E-state index contributed by atoms with van der Waals surface area (Å²) in [5, 5.41) is 2.91. The number of methoxy groups -OCH3 is 2. The Morgan fingerprint density at radius 1 is 1.35 bits per heavy atom. The van der Waals surface area contributed by atoms with Crippen LogP contribution in [0.15, 0.2) is 18.2 Å². The third-order valence-electron chi connectivity index (χ3n) is 3.85. The van der Waals surface area contributed by atoms with Crippen LogP contribution < -0.4 is 20.5 Å². The topological polar surface area (TPSA) is 82.8 Å². The van der Waals surface area contributed by atoms with Crippen molar-refractivity contribution in [3.8, 4) is 11.5 Å². The molecule has 0 aliphatic carbocycles. The zero-order valence-electron chi connectivity index (χ0n) is 13.5. The lowest BCUT2D eigenvalue weighted by Crippen LogP contribution is -2.36. The highest BCUT2D eigenvalue weighted by Crippen LogP contribution is 2.24. The van der Waals surface area contributed by atoms with Gasteiger partial charge in [0.15, 0.2) is 0 Å². The number of hydrogen-bond acceptors (Lipinski definition) is 5. The number of hydrogen-bond donors (Lipinski definition) is 2. The molecule has 0 unspecified atom stereocenters. The average Bonchev–Trinajstić information content (AvgIpc) is 3.04. The van der Waals surface area contributed by atoms with Crippen molar-refractivity contribution in [2.45, 2.75) is 31.5 Å². The molecule has 7 heteroatoms. The van der Waals surface area contributed by atoms with E-state index in [4.69, 9.17) is 19.9 Å². The first-order valence-corrected chi connectivity index (χ1v) is 7.52. The minimum absolute atomic E-state index is 0. The number of nitrogens with two attached hydrogens (primary N) is 1. The molecule has 1 fully saturated rings. The maximum atomic E-state index is 12.0. The summed E-state index contributed by atoms with van der Waals surface area (Å²) in [6.45, 7) is 1.00. The second-order valence-electron chi connectivity index (χ2n) is 5.28. The molecule has 2 atom stereocenters. The molecular formula is C16H25ClN2O4. The molecule has 0 spiro atoms. The van der Waals surface area contributed by atoms with E-state index in [0.29, 0.717) is 19.5 Å². The van der Waals surface area contributed by atoms with Crippen molar-refractivity contribution in [1.82, 2.24) is 5.32 Å². The number of ether oxygens (including phenoxy) is 3. The molecule has 130 valence electrons. The van der Waals surface area contributed by atoms with E-state index in [1.807, 2.05) is 18.2 Å². The van der Waals surface area contributed by atoms with Crippen LogP contribution in [-0.2, 0) is 16.0 Å². The molecule has 1 aromatic rings. The van der Waals surface area contributed by atoms with Crippen LogP contribution in [-0.4, -0.2) is 45.4 Å². The zero-order chi connectivity index (χ0) is 15.9. The molecule has 1 aromatic carbocycles. The van der Waals surface area contributed by atoms with Gasteiger partial charge in [-0.15, -0.1) is 12.4 Å². The van der Waals surface area contributed by atoms with Gasteiger partial charge in [-0.3, -0.25) is 4.79 Å². The Morgan fingerprint density at radius 3 is 2.74 bits per heavy atom. The second kappa shape index (κ2) is 9.60. The molecule has 1 saturated heterocycles. The number of carbonyl (C=O) groups excluding carboxylic acids is 1. The first kappa shape index (κ1) is 19.5. The fraction of sp³-hybridized carbons (Fsp3) is 0.562. The summed E-state index contributed by atoms with van der Waals surface area (Å²) in [7, 11) is 3.24. The zero-order valence-corrected chi connectivity index (χ0v) is 14.4. The van der Waals surface area contributed by atoms with Crippen LogP contribution in [0.25, 0.3) is 0 Å². The van der Waals surface area contributed by atoms with Gasteiger partial charge in [0.25, 0.3) is 0 Å². The van der Waals surface area contributed by atoms with Crippen molar-refractivity contribution in [3.05, 3.63) is 23.8 Å². The molecule has 3 N–H and O–H groups in total. The third kappa shape index (κ3) is 5.27. The van der Waals surface area contributed by atoms with Gasteiger partial charge in [-0.1, -0.05) is 6.07 Å². The summed E-state index contributed by atoms with van der Waals surface area (Å²) < 4.78 is 16.1. The van der Waals surface area contributed by atoms with Gasteiger partial charge in [0.1, 0.15) is 17.6 Å². The Labute approximate surface area is 143 Å². The summed E-state index contributed by atoms with van der Waals surface area (Å²) in [5.41, 5.74) is 6.57. The van der Waals surface area contributed by atoms with Crippen LogP contribution >= 0.6 is 12.4 Å². The van der Waals surface area contributed by atoms with E-state index in [1.54, 1.807) is 14.2 Å². The molecule has 0 aromatic heterocycles. The van der Waals surface area contributed by atoms with Crippen LogP contribution in [0.1, 0.15) is 18.4 Å². The number of rotatable bonds is 7. The van der Waals surface area contributed by atoms with Crippen LogP contribution in [0, 0.1) is 0 Å². The number of halogens is 1. The second-order valence-corrected chi connectivity index (χ2v) is 5.28. The molecule has 0 radical (unpaired) electrons. The Balaban J connectivity index is 0.00000264. The number of benzene rings is 1. The van der Waals surface area contributed by atoms with E-state index >= 15 is 0 Å². The predicted octanol–water partition coefficient (Wildman–Crippen LogP) is 1.29. The highest BCUT2D eigenvalue weighted by molar-refractivity contribution is 5.85. The van der Waals surface area contributed by atoms with E-state index in [1.165, 1.54) is 0 Å². The number of nitrogens with one attached hydrogen (secondary N) is 1. The van der Waals surface area contributed by atoms with Gasteiger partial charge in [-0.25, -0.2) is 0 Å². The Morgan fingerprint density at radius 2 is 2.13 bits per heavy atom. The first-order chi connectivity index (χ1) is 10.7. The molecule has 2 rings (SSSR count). The van der Waals surface area contributed by atoms with Crippen molar-refractivity contribution in [2.75, 3.05) is 27.3 Å². The lowest BCUT2D eigenvalue weighted by molar-refractivity contribution is -0.131. The molecule has 1 amide bonds. The van der Waals surface area contributed by atoms with Crippen LogP contribution in [0.4, 0.5) is 0 Å². The Hall–Kier alpha value is -1.50. The molecule has 1 aliphatic heterocycles. The largest absolute Gasteiger partial charge is 0.497 e. The molecule has 1 aliphatic rings. The fourth-order valence-corrected chi connectivity index (χ4v) is 2.56. The summed E-state index contributed by atoms with van der Waals surface area (Å²) in [6, 6.07) is 5.66. The SMILES string of the molecule is COc1ccc(CCNC(=O)[C@@H]2CC[C@H](CN)O2)c(OC)c1.Cl. The first-order valence-electron chi connectivity index (χ1n) is 7.52. The smallest absolute Gasteiger partial charge is 0.249 e. The summed E-state index contributed by atoms with van der Waals surface area (Å²) in [5.74, 6) is 1.44. The van der Waals surface area contributed by atoms with Gasteiger partial charge in [-0.2, -0.15) is 0 Å². The maximum Gasteiger partial charge on any atom is 0.249 e. The minimum Gasteiger partial charge on any atom is -0.497 e. The van der Waals surface area contributed by atoms with Crippen molar-refractivity contribution in [2.24, 2.45) is 5.73 Å². The minimum atomic E-state index is -0.369. The van der Waals surface area contributed by atoms with E-state index in [-0.39, 0.29) is 30.5 Å². The lowest BCUT2D eigenvalue weighted by atomic mass is 10.1. The normalized spacial score (nSPS) is 19.8. The fourth-order valence-electron chi connectivity index (χ4n) is 2.56. The standard InChI is InChI=1S/C16H24N2O4.ClH/c1-20-12-4-3-11(15(9-12)21-2)7-8-18-16(19)14-6-5-13(10-17)22-14;/h3-4,9,13-14H,5-8,10,17H2,1-2H3,(H,18,19);1H/t13-,14+;/m1./s1. The monoisotopic (exact) mass is 344 g/mol. The molecule has 23 heavy (non-hydrogen) atoms. The van der Waals surface area contributed by atoms with Crippen LogP contribution in [0.5, 0.6) is 11.5 Å². The Bertz CT molecular complexity index is 513. The van der Waals surface area contributed by atoms with Gasteiger partial charge in [0.2, 0.25) is 5.91 Å². The van der Waals surface area contributed by atoms with Crippen LogP contribution in [0.2, 0.25) is 0 Å². The van der Waals surface area contributed by atoms with Gasteiger partial charge in [-0.05, 0) is 30.9 Å². The molecule has 1 heterocycles. The van der Waals surface area contributed by atoms with Crippen molar-refractivity contribution >= 4 is 18.3 Å². The van der Waals surface area contributed by atoms with Crippen LogP contribution in [0.3, 0.4) is 0 Å².